The van der Waals surface area contributed by atoms with Crippen molar-refractivity contribution in [3.8, 4) is 0 Å². The molecular weight excluding hydrogens is 346 g/mol. The van der Waals surface area contributed by atoms with Crippen molar-refractivity contribution in [1.82, 2.24) is 10.6 Å². The molecule has 2 aromatic carbocycles. The number of anilines is 1. The average Bonchev–Trinajstić information content (AvgIpc) is 3.27. The summed E-state index contributed by atoms with van der Waals surface area (Å²) in [5.74, 6) is 0.490. The molecule has 2 fully saturated rings. The SMILES string of the molecule is O=C(NCc1ccc(CN2CCc3ccccc32)cc1)C1CC12CCNCC2. The van der Waals surface area contributed by atoms with Crippen LogP contribution in [0.25, 0.3) is 0 Å². The summed E-state index contributed by atoms with van der Waals surface area (Å²) in [6, 6.07) is 17.4. The van der Waals surface area contributed by atoms with E-state index in [1.54, 1.807) is 0 Å². The van der Waals surface area contributed by atoms with E-state index < -0.39 is 0 Å². The van der Waals surface area contributed by atoms with Crippen molar-refractivity contribution in [3.63, 3.8) is 0 Å². The molecule has 2 heterocycles. The molecule has 2 aliphatic heterocycles. The Balaban J connectivity index is 1.14. The van der Waals surface area contributed by atoms with Crippen molar-refractivity contribution in [2.75, 3.05) is 24.5 Å². The molecule has 1 aliphatic carbocycles. The average molecular weight is 376 g/mol. The number of para-hydroxylation sites is 1. The van der Waals surface area contributed by atoms with Gasteiger partial charge in [-0.2, -0.15) is 0 Å². The normalized spacial score (nSPS) is 22.1. The number of hydrogen-bond donors (Lipinski definition) is 2. The molecule has 28 heavy (non-hydrogen) atoms. The monoisotopic (exact) mass is 375 g/mol. The van der Waals surface area contributed by atoms with Gasteiger partial charge in [0.2, 0.25) is 5.91 Å². The number of nitrogens with one attached hydrogen (secondary N) is 2. The predicted octanol–water partition coefficient (Wildman–Crippen LogP) is 3.26. The fourth-order valence-corrected chi connectivity index (χ4v) is 5.06. The topological polar surface area (TPSA) is 44.4 Å². The van der Waals surface area contributed by atoms with Crippen molar-refractivity contribution < 1.29 is 4.79 Å². The van der Waals surface area contributed by atoms with Crippen molar-refractivity contribution >= 4 is 11.6 Å². The lowest BCUT2D eigenvalue weighted by Gasteiger charge is -2.23. The molecule has 1 saturated carbocycles. The van der Waals surface area contributed by atoms with Crippen LogP contribution in [0.4, 0.5) is 5.69 Å². The summed E-state index contributed by atoms with van der Waals surface area (Å²) >= 11 is 0. The van der Waals surface area contributed by atoms with Crippen LogP contribution in [-0.4, -0.2) is 25.5 Å². The molecule has 3 aliphatic rings. The molecule has 4 heteroatoms. The number of amides is 1. The van der Waals surface area contributed by atoms with E-state index >= 15 is 0 Å². The van der Waals surface area contributed by atoms with Gasteiger partial charge in [-0.05, 0) is 66.9 Å². The number of benzene rings is 2. The summed E-state index contributed by atoms with van der Waals surface area (Å²) in [7, 11) is 0. The van der Waals surface area contributed by atoms with Crippen LogP contribution in [0.1, 0.15) is 36.0 Å². The Morgan fingerprint density at radius 1 is 1.07 bits per heavy atom. The molecule has 5 rings (SSSR count). The molecule has 0 radical (unpaired) electrons. The number of hydrogen-bond acceptors (Lipinski definition) is 3. The fraction of sp³-hybridized carbons (Fsp3) is 0.458. The summed E-state index contributed by atoms with van der Waals surface area (Å²) in [6.07, 6.45) is 4.52. The molecule has 4 nitrogen and oxygen atoms in total. The molecule has 146 valence electrons. The number of rotatable bonds is 5. The standard InChI is InChI=1S/C24H29N3O/c28-23(21-15-24(21)10-12-25-13-11-24)26-16-18-5-7-19(8-6-18)17-27-14-9-20-3-1-2-4-22(20)27/h1-8,21,25H,9-17H2,(H,26,28). The van der Waals surface area contributed by atoms with Crippen LogP contribution in [0.2, 0.25) is 0 Å². The third-order valence-corrected chi connectivity index (χ3v) is 6.95. The maximum absolute atomic E-state index is 12.5. The summed E-state index contributed by atoms with van der Waals surface area (Å²) in [5.41, 5.74) is 5.63. The van der Waals surface area contributed by atoms with Gasteiger partial charge in [0.15, 0.2) is 0 Å². The van der Waals surface area contributed by atoms with Gasteiger partial charge in [-0.3, -0.25) is 4.79 Å². The Bertz CT molecular complexity index is 854. The third-order valence-electron chi connectivity index (χ3n) is 6.95. The zero-order chi connectivity index (χ0) is 19.0. The molecular formula is C24H29N3O. The quantitative estimate of drug-likeness (QED) is 0.843. The lowest BCUT2D eigenvalue weighted by molar-refractivity contribution is -0.123. The molecule has 1 amide bonds. The van der Waals surface area contributed by atoms with Crippen LogP contribution in [0, 0.1) is 11.3 Å². The van der Waals surface area contributed by atoms with E-state index in [1.807, 2.05) is 0 Å². The van der Waals surface area contributed by atoms with Crippen LogP contribution in [0.3, 0.4) is 0 Å². The Hall–Kier alpha value is -2.33. The predicted molar refractivity (Wildman–Crippen MR) is 112 cm³/mol. The van der Waals surface area contributed by atoms with Gasteiger partial charge >= 0.3 is 0 Å². The Morgan fingerprint density at radius 2 is 1.82 bits per heavy atom. The maximum atomic E-state index is 12.5. The van der Waals surface area contributed by atoms with E-state index in [1.165, 1.54) is 22.4 Å². The van der Waals surface area contributed by atoms with Gasteiger partial charge in [0, 0.05) is 31.2 Å². The maximum Gasteiger partial charge on any atom is 0.223 e. The van der Waals surface area contributed by atoms with Gasteiger partial charge in [0.05, 0.1) is 0 Å². The van der Waals surface area contributed by atoms with Gasteiger partial charge in [-0.15, -0.1) is 0 Å². The van der Waals surface area contributed by atoms with E-state index in [-0.39, 0.29) is 11.8 Å². The minimum Gasteiger partial charge on any atom is -0.367 e. The highest BCUT2D eigenvalue weighted by Crippen LogP contribution is 2.58. The second-order valence-corrected chi connectivity index (χ2v) is 8.70. The first-order valence-corrected chi connectivity index (χ1v) is 10.6. The first-order chi connectivity index (χ1) is 13.7. The molecule has 1 saturated heterocycles. The molecule has 2 aromatic rings. The van der Waals surface area contributed by atoms with Gasteiger partial charge in [-0.25, -0.2) is 0 Å². The third kappa shape index (κ3) is 3.42. The van der Waals surface area contributed by atoms with Gasteiger partial charge in [0.1, 0.15) is 0 Å². The highest BCUT2D eigenvalue weighted by molar-refractivity contribution is 5.82. The summed E-state index contributed by atoms with van der Waals surface area (Å²) in [4.78, 5) is 15.0. The van der Waals surface area contributed by atoms with E-state index in [0.29, 0.717) is 12.0 Å². The highest BCUT2D eigenvalue weighted by atomic mass is 16.2. The molecule has 0 bridgehead atoms. The lowest BCUT2D eigenvalue weighted by Crippen LogP contribution is -2.33. The molecule has 2 N–H and O–H groups in total. The van der Waals surface area contributed by atoms with E-state index in [4.69, 9.17) is 0 Å². The number of piperidine rings is 1. The Morgan fingerprint density at radius 3 is 2.64 bits per heavy atom. The largest absolute Gasteiger partial charge is 0.367 e. The second-order valence-electron chi connectivity index (χ2n) is 8.70. The van der Waals surface area contributed by atoms with E-state index in [9.17, 15) is 4.79 Å². The first-order valence-electron chi connectivity index (χ1n) is 10.6. The van der Waals surface area contributed by atoms with Gasteiger partial charge in [-0.1, -0.05) is 42.5 Å². The van der Waals surface area contributed by atoms with Crippen LogP contribution in [0.15, 0.2) is 48.5 Å². The minimum atomic E-state index is 0.240. The second kappa shape index (κ2) is 7.25. The zero-order valence-corrected chi connectivity index (χ0v) is 16.4. The van der Waals surface area contributed by atoms with Gasteiger partial charge < -0.3 is 15.5 Å². The van der Waals surface area contributed by atoms with E-state index in [2.05, 4.69) is 64.1 Å². The summed E-state index contributed by atoms with van der Waals surface area (Å²) < 4.78 is 0. The van der Waals surface area contributed by atoms with Crippen LogP contribution < -0.4 is 15.5 Å². The first kappa shape index (κ1) is 17.7. The van der Waals surface area contributed by atoms with E-state index in [0.717, 1.165) is 51.9 Å². The van der Waals surface area contributed by atoms with Gasteiger partial charge in [0.25, 0.3) is 0 Å². The lowest BCUT2D eigenvalue weighted by atomic mass is 9.92. The summed E-state index contributed by atoms with van der Waals surface area (Å²) in [6.45, 7) is 4.80. The molecule has 1 spiro atoms. The number of carbonyl (C=O) groups is 1. The minimum absolute atomic E-state index is 0.240. The molecule has 1 unspecified atom stereocenters. The smallest absolute Gasteiger partial charge is 0.223 e. The number of nitrogens with zero attached hydrogens (tertiary/aromatic N) is 1. The number of fused-ring (bicyclic) bond motifs is 1. The highest BCUT2D eigenvalue weighted by Gasteiger charge is 2.57. The van der Waals surface area contributed by atoms with Crippen LogP contribution in [0.5, 0.6) is 0 Å². The molecule has 1 atom stereocenters. The van der Waals surface area contributed by atoms with Crippen LogP contribution >= 0.6 is 0 Å². The Labute approximate surface area is 167 Å². The van der Waals surface area contributed by atoms with Crippen LogP contribution in [-0.2, 0) is 24.3 Å². The van der Waals surface area contributed by atoms with Crippen molar-refractivity contribution in [1.29, 1.82) is 0 Å². The summed E-state index contributed by atoms with van der Waals surface area (Å²) in [5, 5.41) is 6.57. The number of carbonyl (C=O) groups excluding carboxylic acids is 1. The molecule has 0 aromatic heterocycles. The van der Waals surface area contributed by atoms with Crippen molar-refractivity contribution in [3.05, 3.63) is 65.2 Å². The van der Waals surface area contributed by atoms with Crippen molar-refractivity contribution in [2.24, 2.45) is 11.3 Å². The zero-order valence-electron chi connectivity index (χ0n) is 16.4. The fourth-order valence-electron chi connectivity index (χ4n) is 5.06. The Kier molecular flexibility index (Phi) is 4.59. The van der Waals surface area contributed by atoms with Crippen molar-refractivity contribution in [2.45, 2.75) is 38.8 Å².